The van der Waals surface area contributed by atoms with E-state index < -0.39 is 0 Å². The number of aromatic nitrogens is 2. The second-order valence-corrected chi connectivity index (χ2v) is 7.57. The van der Waals surface area contributed by atoms with Gasteiger partial charge in [0.2, 0.25) is 0 Å². The minimum Gasteiger partial charge on any atom is -0.489 e. The Morgan fingerprint density at radius 3 is 2.56 bits per heavy atom. The van der Waals surface area contributed by atoms with Gasteiger partial charge in [0.1, 0.15) is 18.2 Å². The van der Waals surface area contributed by atoms with E-state index in [2.05, 4.69) is 14.9 Å². The van der Waals surface area contributed by atoms with Crippen molar-refractivity contribution in [2.75, 3.05) is 20.3 Å². The summed E-state index contributed by atoms with van der Waals surface area (Å²) >= 11 is 0. The molecule has 0 atom stereocenters. The van der Waals surface area contributed by atoms with E-state index in [0.29, 0.717) is 25.3 Å². The van der Waals surface area contributed by atoms with Crippen LogP contribution in [0.4, 0.5) is 0 Å². The minimum atomic E-state index is -0.102. The van der Waals surface area contributed by atoms with Crippen LogP contribution in [0.25, 0.3) is 16.7 Å². The maximum absolute atomic E-state index is 12.4. The van der Waals surface area contributed by atoms with Gasteiger partial charge in [0.25, 0.3) is 5.91 Å². The molecule has 0 saturated carbocycles. The molecule has 0 aliphatic rings. The Kier molecular flexibility index (Phi) is 6.82. The van der Waals surface area contributed by atoms with Gasteiger partial charge >= 0.3 is 0 Å². The summed E-state index contributed by atoms with van der Waals surface area (Å²) in [7, 11) is 1.65. The third kappa shape index (κ3) is 4.98. The van der Waals surface area contributed by atoms with Crippen molar-refractivity contribution in [3.05, 3.63) is 89.7 Å². The van der Waals surface area contributed by atoms with E-state index >= 15 is 0 Å². The summed E-state index contributed by atoms with van der Waals surface area (Å²) in [5.41, 5.74) is 4.47. The number of hydrogen-bond acceptors (Lipinski definition) is 4. The van der Waals surface area contributed by atoms with Gasteiger partial charge in [0, 0.05) is 31.5 Å². The quantitative estimate of drug-likeness (QED) is 0.393. The molecule has 4 aromatic rings. The van der Waals surface area contributed by atoms with E-state index in [-0.39, 0.29) is 5.91 Å². The predicted octanol–water partition coefficient (Wildman–Crippen LogP) is 4.68. The highest BCUT2D eigenvalue weighted by atomic mass is 16.5. The zero-order valence-corrected chi connectivity index (χ0v) is 18.4. The van der Waals surface area contributed by atoms with Gasteiger partial charge in [-0.25, -0.2) is 4.98 Å². The minimum absolute atomic E-state index is 0.102. The van der Waals surface area contributed by atoms with E-state index in [4.69, 9.17) is 9.47 Å². The van der Waals surface area contributed by atoms with Gasteiger partial charge in [-0.3, -0.25) is 9.36 Å². The fourth-order valence-corrected chi connectivity index (χ4v) is 3.62. The highest BCUT2D eigenvalue weighted by Gasteiger charge is 2.13. The number of methoxy groups -OCH3 is 1. The van der Waals surface area contributed by atoms with Gasteiger partial charge in [-0.2, -0.15) is 0 Å². The average Bonchev–Trinajstić information content (AvgIpc) is 3.16. The molecule has 0 fully saturated rings. The lowest BCUT2D eigenvalue weighted by molar-refractivity contribution is 0.0948. The summed E-state index contributed by atoms with van der Waals surface area (Å²) in [5, 5.41) is 2.91. The van der Waals surface area contributed by atoms with Gasteiger partial charge in [0.05, 0.1) is 11.0 Å². The maximum atomic E-state index is 12.4. The van der Waals surface area contributed by atoms with Crippen LogP contribution in [0.1, 0.15) is 28.2 Å². The molecule has 1 amide bonds. The second-order valence-electron chi connectivity index (χ2n) is 7.57. The normalized spacial score (nSPS) is 10.9. The number of ether oxygens (including phenoxy) is 2. The summed E-state index contributed by atoms with van der Waals surface area (Å²) in [6.45, 7) is 3.70. The molecule has 6 heteroatoms. The van der Waals surface area contributed by atoms with Crippen LogP contribution in [0.3, 0.4) is 0 Å². The van der Waals surface area contributed by atoms with Crippen molar-refractivity contribution in [3.8, 4) is 11.4 Å². The van der Waals surface area contributed by atoms with Crippen LogP contribution in [0.2, 0.25) is 0 Å². The van der Waals surface area contributed by atoms with Crippen LogP contribution in [0.15, 0.2) is 72.8 Å². The Labute approximate surface area is 187 Å². The number of benzene rings is 3. The van der Waals surface area contributed by atoms with Gasteiger partial charge in [-0.1, -0.05) is 30.3 Å². The van der Waals surface area contributed by atoms with Crippen LogP contribution in [0, 0.1) is 6.92 Å². The van der Waals surface area contributed by atoms with E-state index in [1.54, 1.807) is 7.11 Å². The lowest BCUT2D eigenvalue weighted by atomic mass is 10.2. The number of carbonyl (C=O) groups excluding carboxylic acids is 1. The molecular weight excluding hydrogens is 402 g/mol. The van der Waals surface area contributed by atoms with E-state index in [1.165, 1.54) is 0 Å². The number of carbonyl (C=O) groups is 1. The molecule has 1 aromatic heterocycles. The molecule has 0 spiro atoms. The second kappa shape index (κ2) is 10.1. The molecule has 0 saturated heterocycles. The SMILES string of the molecule is COCCCNC(=O)c1ccc2c(c1)nc(C)n2-c1ccc(OCc2ccccc2)cc1. The number of fused-ring (bicyclic) bond motifs is 1. The van der Waals surface area contributed by atoms with Crippen molar-refractivity contribution in [1.82, 2.24) is 14.9 Å². The summed E-state index contributed by atoms with van der Waals surface area (Å²) in [4.78, 5) is 17.1. The molecule has 0 radical (unpaired) electrons. The first kappa shape index (κ1) is 21.6. The van der Waals surface area contributed by atoms with E-state index in [1.807, 2.05) is 79.7 Å². The molecule has 1 N–H and O–H groups in total. The Morgan fingerprint density at radius 1 is 1.03 bits per heavy atom. The third-order valence-corrected chi connectivity index (χ3v) is 5.24. The summed E-state index contributed by atoms with van der Waals surface area (Å²) in [6.07, 6.45) is 0.781. The standard InChI is InChI=1S/C26H27N3O3/c1-19-28-24-17-21(26(30)27-15-6-16-31-2)9-14-25(24)29(19)22-10-12-23(13-11-22)32-18-20-7-4-3-5-8-20/h3-5,7-14,17H,6,15-16,18H2,1-2H3,(H,27,30). The third-order valence-electron chi connectivity index (χ3n) is 5.24. The van der Waals surface area contributed by atoms with E-state index in [9.17, 15) is 4.79 Å². The Balaban J connectivity index is 1.49. The average molecular weight is 430 g/mol. The fourth-order valence-electron chi connectivity index (χ4n) is 3.62. The molecule has 4 rings (SSSR count). The van der Waals surface area contributed by atoms with Gasteiger partial charge in [0.15, 0.2) is 0 Å². The summed E-state index contributed by atoms with van der Waals surface area (Å²) in [6, 6.07) is 23.7. The van der Waals surface area contributed by atoms with Crippen LogP contribution in [-0.2, 0) is 11.3 Å². The molecule has 164 valence electrons. The van der Waals surface area contributed by atoms with Crippen LogP contribution in [-0.4, -0.2) is 35.7 Å². The number of hydrogen-bond donors (Lipinski definition) is 1. The molecule has 1 heterocycles. The van der Waals surface area contributed by atoms with Crippen molar-refractivity contribution in [2.45, 2.75) is 20.0 Å². The monoisotopic (exact) mass is 429 g/mol. The molecule has 3 aromatic carbocycles. The Morgan fingerprint density at radius 2 is 1.81 bits per heavy atom. The van der Waals surface area contributed by atoms with Gasteiger partial charge in [-0.15, -0.1) is 0 Å². The lowest BCUT2D eigenvalue weighted by Gasteiger charge is -2.10. The molecule has 0 aliphatic heterocycles. The van der Waals surface area contributed by atoms with Crippen LogP contribution in [0.5, 0.6) is 5.75 Å². The number of nitrogens with one attached hydrogen (secondary N) is 1. The maximum Gasteiger partial charge on any atom is 0.251 e. The molecule has 0 bridgehead atoms. The van der Waals surface area contributed by atoms with Gasteiger partial charge < -0.3 is 14.8 Å². The van der Waals surface area contributed by atoms with Crippen LogP contribution >= 0.6 is 0 Å². The zero-order valence-electron chi connectivity index (χ0n) is 18.4. The van der Waals surface area contributed by atoms with Crippen LogP contribution < -0.4 is 10.1 Å². The van der Waals surface area contributed by atoms with Crippen molar-refractivity contribution < 1.29 is 14.3 Å². The van der Waals surface area contributed by atoms with Crippen molar-refractivity contribution in [1.29, 1.82) is 0 Å². The number of aryl methyl sites for hydroxylation is 1. The summed E-state index contributed by atoms with van der Waals surface area (Å²) < 4.78 is 13.0. The van der Waals surface area contributed by atoms with E-state index in [0.717, 1.165) is 40.3 Å². The van der Waals surface area contributed by atoms with Gasteiger partial charge in [-0.05, 0) is 61.4 Å². The first-order valence-corrected chi connectivity index (χ1v) is 10.7. The fraction of sp³-hybridized carbons (Fsp3) is 0.231. The Hall–Kier alpha value is -3.64. The number of amides is 1. The molecule has 32 heavy (non-hydrogen) atoms. The first-order valence-electron chi connectivity index (χ1n) is 10.7. The largest absolute Gasteiger partial charge is 0.489 e. The first-order chi connectivity index (χ1) is 15.7. The zero-order chi connectivity index (χ0) is 22.3. The Bertz CT molecular complexity index is 1180. The molecule has 0 unspecified atom stereocenters. The topological polar surface area (TPSA) is 65.4 Å². The van der Waals surface area contributed by atoms with Crippen molar-refractivity contribution >= 4 is 16.9 Å². The smallest absolute Gasteiger partial charge is 0.251 e. The van der Waals surface area contributed by atoms with Crippen molar-refractivity contribution in [2.24, 2.45) is 0 Å². The molecule has 6 nitrogen and oxygen atoms in total. The number of nitrogens with zero attached hydrogens (tertiary/aromatic N) is 2. The predicted molar refractivity (Wildman–Crippen MR) is 125 cm³/mol. The molecular formula is C26H27N3O3. The summed E-state index contributed by atoms with van der Waals surface area (Å²) in [5.74, 6) is 1.57. The molecule has 0 aliphatic carbocycles. The van der Waals surface area contributed by atoms with Crippen molar-refractivity contribution in [3.63, 3.8) is 0 Å². The number of rotatable bonds is 9. The highest BCUT2D eigenvalue weighted by molar-refractivity contribution is 5.97. The lowest BCUT2D eigenvalue weighted by Crippen LogP contribution is -2.25. The highest BCUT2D eigenvalue weighted by Crippen LogP contribution is 2.24. The number of imidazole rings is 1.